The fourth-order valence-corrected chi connectivity index (χ4v) is 2.95. The molecule has 0 aromatic heterocycles. The van der Waals surface area contributed by atoms with Crippen molar-refractivity contribution < 1.29 is 4.79 Å². The number of nitrogens with one attached hydrogen (secondary N) is 2. The van der Waals surface area contributed by atoms with E-state index in [4.69, 9.17) is 0 Å². The first-order chi connectivity index (χ1) is 10.5. The summed E-state index contributed by atoms with van der Waals surface area (Å²) in [5.74, 6) is 0.153. The average Bonchev–Trinajstić information content (AvgIpc) is 2.53. The maximum atomic E-state index is 11.9. The van der Waals surface area contributed by atoms with E-state index >= 15 is 0 Å². The van der Waals surface area contributed by atoms with Gasteiger partial charge in [0.1, 0.15) is 0 Å². The molecule has 0 bridgehead atoms. The van der Waals surface area contributed by atoms with Crippen LogP contribution in [0.5, 0.6) is 0 Å². The second kappa shape index (κ2) is 7.75. The van der Waals surface area contributed by atoms with Crippen LogP contribution in [0.3, 0.4) is 0 Å². The lowest BCUT2D eigenvalue weighted by Crippen LogP contribution is -2.53. The highest BCUT2D eigenvalue weighted by molar-refractivity contribution is 5.75. The lowest BCUT2D eigenvalue weighted by Gasteiger charge is -2.41. The highest BCUT2D eigenvalue weighted by Gasteiger charge is 2.29. The molecule has 0 spiro atoms. The van der Waals surface area contributed by atoms with Gasteiger partial charge in [0.2, 0.25) is 5.91 Å². The van der Waals surface area contributed by atoms with E-state index in [1.807, 2.05) is 7.05 Å². The molecule has 2 rings (SSSR count). The van der Waals surface area contributed by atoms with Crippen LogP contribution in [-0.2, 0) is 17.8 Å². The minimum atomic E-state index is -0.0216. The van der Waals surface area contributed by atoms with E-state index in [2.05, 4.69) is 53.6 Å². The maximum absolute atomic E-state index is 11.9. The summed E-state index contributed by atoms with van der Waals surface area (Å²) in [5, 5.41) is 6.16. The number of benzene rings is 1. The number of hydrogen-bond acceptors (Lipinski definition) is 3. The van der Waals surface area contributed by atoms with Crippen LogP contribution in [0, 0.1) is 0 Å². The Bertz CT molecular complexity index is 499. The molecule has 1 aromatic rings. The highest BCUT2D eigenvalue weighted by atomic mass is 16.1. The van der Waals surface area contributed by atoms with Gasteiger partial charge in [-0.05, 0) is 51.4 Å². The van der Waals surface area contributed by atoms with E-state index in [1.54, 1.807) is 0 Å². The zero-order valence-corrected chi connectivity index (χ0v) is 14.1. The van der Waals surface area contributed by atoms with Crippen LogP contribution in [0.25, 0.3) is 0 Å². The summed E-state index contributed by atoms with van der Waals surface area (Å²) < 4.78 is 0. The molecule has 0 radical (unpaired) electrons. The summed E-state index contributed by atoms with van der Waals surface area (Å²) in [6, 6.07) is 8.67. The molecule has 1 amide bonds. The normalized spacial score (nSPS) is 15.4. The van der Waals surface area contributed by atoms with E-state index in [0.717, 1.165) is 32.5 Å². The van der Waals surface area contributed by atoms with Gasteiger partial charge in [-0.1, -0.05) is 24.3 Å². The van der Waals surface area contributed by atoms with Crippen molar-refractivity contribution in [2.75, 3.05) is 26.7 Å². The Kier molecular flexibility index (Phi) is 5.98. The van der Waals surface area contributed by atoms with E-state index in [-0.39, 0.29) is 11.4 Å². The third kappa shape index (κ3) is 4.55. The molecule has 0 fully saturated rings. The van der Waals surface area contributed by atoms with E-state index < -0.39 is 0 Å². The highest BCUT2D eigenvalue weighted by Crippen LogP contribution is 2.24. The van der Waals surface area contributed by atoms with Gasteiger partial charge in [-0.2, -0.15) is 0 Å². The lowest BCUT2D eigenvalue weighted by atomic mass is 9.94. The van der Waals surface area contributed by atoms with E-state index in [9.17, 15) is 4.79 Å². The van der Waals surface area contributed by atoms with Crippen molar-refractivity contribution in [3.8, 4) is 0 Å². The Morgan fingerprint density at radius 3 is 2.73 bits per heavy atom. The first-order valence-corrected chi connectivity index (χ1v) is 8.26. The van der Waals surface area contributed by atoms with Crippen molar-refractivity contribution in [3.63, 3.8) is 0 Å². The van der Waals surface area contributed by atoms with Gasteiger partial charge in [0.25, 0.3) is 0 Å². The zero-order valence-electron chi connectivity index (χ0n) is 14.1. The van der Waals surface area contributed by atoms with Crippen molar-refractivity contribution in [3.05, 3.63) is 35.4 Å². The number of carbonyl (C=O) groups excluding carboxylic acids is 1. The van der Waals surface area contributed by atoms with Gasteiger partial charge in [-0.25, -0.2) is 0 Å². The van der Waals surface area contributed by atoms with E-state index in [1.165, 1.54) is 11.1 Å². The van der Waals surface area contributed by atoms with E-state index in [0.29, 0.717) is 13.0 Å². The van der Waals surface area contributed by atoms with Crippen molar-refractivity contribution in [2.45, 2.75) is 45.2 Å². The summed E-state index contributed by atoms with van der Waals surface area (Å²) in [6.45, 7) is 8.05. The Morgan fingerprint density at radius 1 is 1.27 bits per heavy atom. The first kappa shape index (κ1) is 17.0. The first-order valence-electron chi connectivity index (χ1n) is 8.26. The number of hydrogen-bond donors (Lipinski definition) is 2. The third-order valence-electron chi connectivity index (χ3n) is 4.54. The largest absolute Gasteiger partial charge is 0.354 e. The van der Waals surface area contributed by atoms with Gasteiger partial charge < -0.3 is 10.6 Å². The molecule has 1 aromatic carbocycles. The number of amides is 1. The second-order valence-electron chi connectivity index (χ2n) is 6.74. The molecule has 1 aliphatic rings. The van der Waals surface area contributed by atoms with Gasteiger partial charge in [-0.3, -0.25) is 9.69 Å². The molecule has 4 heteroatoms. The topological polar surface area (TPSA) is 44.4 Å². The predicted octanol–water partition coefficient (Wildman–Crippen LogP) is 1.94. The van der Waals surface area contributed by atoms with Crippen molar-refractivity contribution in [1.82, 2.24) is 15.5 Å². The monoisotopic (exact) mass is 303 g/mol. The van der Waals surface area contributed by atoms with Crippen molar-refractivity contribution >= 4 is 5.91 Å². The Morgan fingerprint density at radius 2 is 2.00 bits per heavy atom. The van der Waals surface area contributed by atoms with Crippen LogP contribution in [0.15, 0.2) is 24.3 Å². The summed E-state index contributed by atoms with van der Waals surface area (Å²) in [4.78, 5) is 14.4. The molecule has 4 nitrogen and oxygen atoms in total. The summed E-state index contributed by atoms with van der Waals surface area (Å²) >= 11 is 0. The van der Waals surface area contributed by atoms with Gasteiger partial charge in [-0.15, -0.1) is 0 Å². The molecule has 22 heavy (non-hydrogen) atoms. The predicted molar refractivity (Wildman–Crippen MR) is 90.8 cm³/mol. The Hall–Kier alpha value is -1.39. The third-order valence-corrected chi connectivity index (χ3v) is 4.54. The van der Waals surface area contributed by atoms with Crippen LogP contribution in [0.2, 0.25) is 0 Å². The summed E-state index contributed by atoms with van der Waals surface area (Å²) in [6.07, 6.45) is 2.58. The van der Waals surface area contributed by atoms with Crippen LogP contribution in [0.4, 0.5) is 0 Å². The molecular formula is C18H29N3O. The van der Waals surface area contributed by atoms with Crippen LogP contribution in [-0.4, -0.2) is 43.0 Å². The van der Waals surface area contributed by atoms with Crippen LogP contribution < -0.4 is 10.6 Å². The SMILES string of the molecule is CNCCCC(=O)NCC(C)(C)N1CCc2ccccc2C1. The molecule has 0 aliphatic carbocycles. The molecular weight excluding hydrogens is 274 g/mol. The van der Waals surface area contributed by atoms with Gasteiger partial charge in [0.05, 0.1) is 0 Å². The molecule has 1 aliphatic heterocycles. The number of carbonyl (C=O) groups is 1. The lowest BCUT2D eigenvalue weighted by molar-refractivity contribution is -0.121. The molecule has 0 unspecified atom stereocenters. The minimum absolute atomic E-state index is 0.0216. The Balaban J connectivity index is 1.84. The molecule has 0 saturated heterocycles. The molecule has 0 saturated carbocycles. The fourth-order valence-electron chi connectivity index (χ4n) is 2.95. The molecule has 2 N–H and O–H groups in total. The van der Waals surface area contributed by atoms with Crippen LogP contribution >= 0.6 is 0 Å². The smallest absolute Gasteiger partial charge is 0.220 e. The van der Waals surface area contributed by atoms with Crippen molar-refractivity contribution in [1.29, 1.82) is 0 Å². The maximum Gasteiger partial charge on any atom is 0.220 e. The Labute approximate surface area is 134 Å². The number of fused-ring (bicyclic) bond motifs is 1. The summed E-state index contributed by atoms with van der Waals surface area (Å²) in [7, 11) is 1.91. The average molecular weight is 303 g/mol. The molecule has 0 atom stereocenters. The zero-order chi connectivity index (χ0) is 16.0. The van der Waals surface area contributed by atoms with Crippen LogP contribution in [0.1, 0.15) is 37.8 Å². The number of nitrogens with zero attached hydrogens (tertiary/aromatic N) is 1. The molecule has 122 valence electrons. The summed E-state index contributed by atoms with van der Waals surface area (Å²) in [5.41, 5.74) is 2.86. The minimum Gasteiger partial charge on any atom is -0.354 e. The number of rotatable bonds is 7. The van der Waals surface area contributed by atoms with Gasteiger partial charge in [0, 0.05) is 31.6 Å². The van der Waals surface area contributed by atoms with Gasteiger partial charge >= 0.3 is 0 Å². The second-order valence-corrected chi connectivity index (χ2v) is 6.74. The van der Waals surface area contributed by atoms with Crippen molar-refractivity contribution in [2.24, 2.45) is 0 Å². The molecule has 1 heterocycles. The standard InChI is InChI=1S/C18H29N3O/c1-18(2,14-20-17(22)9-6-11-19-3)21-12-10-15-7-4-5-8-16(15)13-21/h4-5,7-8,19H,6,9-14H2,1-3H3,(H,20,22). The fraction of sp³-hybridized carbons (Fsp3) is 0.611. The quantitative estimate of drug-likeness (QED) is 0.757. The van der Waals surface area contributed by atoms with Gasteiger partial charge in [0.15, 0.2) is 0 Å².